The Morgan fingerprint density at radius 1 is 1.22 bits per heavy atom. The fourth-order valence-corrected chi connectivity index (χ4v) is 1.43. The van der Waals surface area contributed by atoms with Gasteiger partial charge in [-0.25, -0.2) is 4.98 Å². The van der Waals surface area contributed by atoms with Crippen LogP contribution < -0.4 is 15.4 Å². The zero-order chi connectivity index (χ0) is 13.2. The molecule has 6 heteroatoms. The second-order valence-corrected chi connectivity index (χ2v) is 3.74. The van der Waals surface area contributed by atoms with Gasteiger partial charge in [-0.15, -0.1) is 0 Å². The molecule has 0 aliphatic heterocycles. The molecule has 0 aliphatic carbocycles. The molecule has 2 N–H and O–H groups in total. The Morgan fingerprint density at radius 3 is 2.78 bits per heavy atom. The molecule has 0 aromatic carbocycles. The number of rotatable bonds is 9. The van der Waals surface area contributed by atoms with E-state index in [-0.39, 0.29) is 0 Å². The van der Waals surface area contributed by atoms with Gasteiger partial charge in [-0.1, -0.05) is 0 Å². The Bertz CT molecular complexity index is 347. The van der Waals surface area contributed by atoms with E-state index in [0.29, 0.717) is 18.3 Å². The monoisotopic (exact) mass is 254 g/mol. The molecule has 0 atom stereocenters. The van der Waals surface area contributed by atoms with Gasteiger partial charge >= 0.3 is 0 Å². The first kappa shape index (κ1) is 14.7. The average molecular weight is 254 g/mol. The molecule has 0 saturated heterocycles. The molecule has 1 rings (SSSR count). The number of nitrogens with one attached hydrogen (secondary N) is 2. The van der Waals surface area contributed by atoms with Crippen LogP contribution in [0.4, 0.5) is 5.82 Å². The highest BCUT2D eigenvalue weighted by atomic mass is 16.5. The van der Waals surface area contributed by atoms with Gasteiger partial charge in [0.05, 0.1) is 13.2 Å². The average Bonchev–Trinajstić information content (AvgIpc) is 2.33. The van der Waals surface area contributed by atoms with E-state index in [1.54, 1.807) is 7.11 Å². The summed E-state index contributed by atoms with van der Waals surface area (Å²) >= 11 is 0. The molecule has 0 bridgehead atoms. The molecule has 0 spiro atoms. The highest BCUT2D eigenvalue weighted by Crippen LogP contribution is 2.12. The van der Waals surface area contributed by atoms with E-state index < -0.39 is 0 Å². The molecule has 1 aromatic heterocycles. The van der Waals surface area contributed by atoms with Crippen molar-refractivity contribution in [2.75, 3.05) is 45.3 Å². The summed E-state index contributed by atoms with van der Waals surface area (Å²) in [5.41, 5.74) is 0. The van der Waals surface area contributed by atoms with E-state index >= 15 is 0 Å². The lowest BCUT2D eigenvalue weighted by Gasteiger charge is -2.09. The molecule has 0 saturated carbocycles. The second kappa shape index (κ2) is 8.66. The van der Waals surface area contributed by atoms with Crippen LogP contribution in [0.1, 0.15) is 12.7 Å². The van der Waals surface area contributed by atoms with Gasteiger partial charge in [0.15, 0.2) is 0 Å². The molecule has 0 aliphatic rings. The normalized spacial score (nSPS) is 10.4. The summed E-state index contributed by atoms with van der Waals surface area (Å²) in [6.45, 7) is 7.62. The molecule has 0 radical (unpaired) electrons. The van der Waals surface area contributed by atoms with Crippen LogP contribution >= 0.6 is 0 Å². The lowest BCUT2D eigenvalue weighted by molar-refractivity contribution is 0.200. The van der Waals surface area contributed by atoms with Gasteiger partial charge in [0.2, 0.25) is 5.88 Å². The maximum Gasteiger partial charge on any atom is 0.218 e. The zero-order valence-corrected chi connectivity index (χ0v) is 11.3. The smallest absolute Gasteiger partial charge is 0.218 e. The van der Waals surface area contributed by atoms with Crippen molar-refractivity contribution in [2.24, 2.45) is 0 Å². The van der Waals surface area contributed by atoms with Crippen LogP contribution in [0.5, 0.6) is 5.88 Å². The number of hydrogen-bond donors (Lipinski definition) is 2. The lowest BCUT2D eigenvalue weighted by atomic mass is 10.5. The van der Waals surface area contributed by atoms with Crippen LogP contribution in [0.15, 0.2) is 6.07 Å². The van der Waals surface area contributed by atoms with Crippen LogP contribution in [0.2, 0.25) is 0 Å². The minimum Gasteiger partial charge on any atom is -0.478 e. The van der Waals surface area contributed by atoms with Crippen molar-refractivity contribution in [3.05, 3.63) is 11.9 Å². The molecule has 18 heavy (non-hydrogen) atoms. The van der Waals surface area contributed by atoms with Gasteiger partial charge in [-0.3, -0.25) is 0 Å². The minimum absolute atomic E-state index is 0.606. The standard InChI is InChI=1S/C12H22N4O2/c1-4-18-12-9-11(15-10(2)16-12)14-6-5-13-7-8-17-3/h9,13H,4-8H2,1-3H3,(H,14,15,16). The number of hydrogen-bond acceptors (Lipinski definition) is 6. The third kappa shape index (κ3) is 5.79. The number of nitrogens with zero attached hydrogens (tertiary/aromatic N) is 2. The third-order valence-electron chi connectivity index (χ3n) is 2.20. The number of ether oxygens (including phenoxy) is 2. The van der Waals surface area contributed by atoms with Crippen LogP contribution in [-0.2, 0) is 4.74 Å². The van der Waals surface area contributed by atoms with E-state index in [1.807, 2.05) is 19.9 Å². The Kier molecular flexibility index (Phi) is 7.05. The summed E-state index contributed by atoms with van der Waals surface area (Å²) in [5, 5.41) is 6.48. The van der Waals surface area contributed by atoms with E-state index in [0.717, 1.165) is 32.1 Å². The Labute approximate surface area is 108 Å². The molecule has 0 amide bonds. The molecular formula is C12H22N4O2. The van der Waals surface area contributed by atoms with Gasteiger partial charge < -0.3 is 20.1 Å². The largest absolute Gasteiger partial charge is 0.478 e. The van der Waals surface area contributed by atoms with E-state index in [4.69, 9.17) is 9.47 Å². The Morgan fingerprint density at radius 2 is 2.06 bits per heavy atom. The van der Waals surface area contributed by atoms with Gasteiger partial charge in [0.1, 0.15) is 11.6 Å². The quantitative estimate of drug-likeness (QED) is 0.636. The van der Waals surface area contributed by atoms with Gasteiger partial charge in [-0.2, -0.15) is 4.98 Å². The van der Waals surface area contributed by atoms with Crippen molar-refractivity contribution >= 4 is 5.82 Å². The summed E-state index contributed by atoms with van der Waals surface area (Å²) in [5.74, 6) is 2.11. The zero-order valence-electron chi connectivity index (χ0n) is 11.3. The first-order chi connectivity index (χ1) is 8.76. The highest BCUT2D eigenvalue weighted by molar-refractivity contribution is 5.38. The number of anilines is 1. The summed E-state index contributed by atoms with van der Waals surface area (Å²) in [6.07, 6.45) is 0. The van der Waals surface area contributed by atoms with Crippen LogP contribution in [0, 0.1) is 6.92 Å². The first-order valence-corrected chi connectivity index (χ1v) is 6.18. The van der Waals surface area contributed by atoms with Crippen LogP contribution in [0.25, 0.3) is 0 Å². The third-order valence-corrected chi connectivity index (χ3v) is 2.20. The van der Waals surface area contributed by atoms with Gasteiger partial charge in [-0.05, 0) is 13.8 Å². The predicted molar refractivity (Wildman–Crippen MR) is 71.2 cm³/mol. The fourth-order valence-electron chi connectivity index (χ4n) is 1.43. The summed E-state index contributed by atoms with van der Waals surface area (Å²) in [6, 6.07) is 1.81. The van der Waals surface area contributed by atoms with E-state index in [9.17, 15) is 0 Å². The topological polar surface area (TPSA) is 68.3 Å². The highest BCUT2D eigenvalue weighted by Gasteiger charge is 2.01. The van der Waals surface area contributed by atoms with Crippen molar-refractivity contribution in [2.45, 2.75) is 13.8 Å². The predicted octanol–water partition coefficient (Wildman–Crippen LogP) is 0.832. The van der Waals surface area contributed by atoms with Crippen LogP contribution in [0.3, 0.4) is 0 Å². The van der Waals surface area contributed by atoms with Gasteiger partial charge in [0, 0.05) is 32.8 Å². The second-order valence-electron chi connectivity index (χ2n) is 3.74. The van der Waals surface area contributed by atoms with Crippen molar-refractivity contribution < 1.29 is 9.47 Å². The molecule has 102 valence electrons. The Hall–Kier alpha value is -1.40. The summed E-state index contributed by atoms with van der Waals surface area (Å²) in [7, 11) is 1.69. The lowest BCUT2D eigenvalue weighted by Crippen LogP contribution is -2.25. The molecule has 1 heterocycles. The molecule has 6 nitrogen and oxygen atoms in total. The SMILES string of the molecule is CCOc1cc(NCCNCCOC)nc(C)n1. The number of methoxy groups -OCH3 is 1. The van der Waals surface area contributed by atoms with Crippen molar-refractivity contribution in [1.29, 1.82) is 0 Å². The van der Waals surface area contributed by atoms with Crippen molar-refractivity contribution in [1.82, 2.24) is 15.3 Å². The molecule has 1 aromatic rings. The fraction of sp³-hybridized carbons (Fsp3) is 0.667. The Balaban J connectivity index is 2.32. The summed E-state index contributed by atoms with van der Waals surface area (Å²) < 4.78 is 10.3. The summed E-state index contributed by atoms with van der Waals surface area (Å²) in [4.78, 5) is 8.48. The van der Waals surface area contributed by atoms with Crippen molar-refractivity contribution in [3.63, 3.8) is 0 Å². The van der Waals surface area contributed by atoms with Crippen LogP contribution in [-0.4, -0.2) is 49.9 Å². The maximum atomic E-state index is 5.36. The maximum absolute atomic E-state index is 5.36. The molecule has 0 unspecified atom stereocenters. The first-order valence-electron chi connectivity index (χ1n) is 6.18. The molecule has 0 fully saturated rings. The van der Waals surface area contributed by atoms with Crippen molar-refractivity contribution in [3.8, 4) is 5.88 Å². The van der Waals surface area contributed by atoms with E-state index in [2.05, 4.69) is 20.6 Å². The van der Waals surface area contributed by atoms with Gasteiger partial charge in [0.25, 0.3) is 0 Å². The number of aryl methyl sites for hydroxylation is 1. The molecular weight excluding hydrogens is 232 g/mol. The number of aromatic nitrogens is 2. The van der Waals surface area contributed by atoms with E-state index in [1.165, 1.54) is 0 Å². The minimum atomic E-state index is 0.606.